The number of ether oxygens (including phenoxy) is 2. The summed E-state index contributed by atoms with van der Waals surface area (Å²) in [6, 6.07) is 5.41. The smallest absolute Gasteiger partial charge is 0.254 e. The van der Waals surface area contributed by atoms with Gasteiger partial charge in [-0.2, -0.15) is 0 Å². The predicted octanol–water partition coefficient (Wildman–Crippen LogP) is 2.82. The first-order valence-electron chi connectivity index (χ1n) is 10.4. The fourth-order valence-corrected chi connectivity index (χ4v) is 5.04. The summed E-state index contributed by atoms with van der Waals surface area (Å²) in [6.07, 6.45) is 3.96. The number of carbonyl (C=O) groups excluding carboxylic acids is 1. The first-order valence-corrected chi connectivity index (χ1v) is 11.2. The van der Waals surface area contributed by atoms with E-state index in [0.717, 1.165) is 24.8 Å². The zero-order valence-electron chi connectivity index (χ0n) is 16.5. The maximum absolute atomic E-state index is 12.9. The Labute approximate surface area is 174 Å². The van der Waals surface area contributed by atoms with Gasteiger partial charge in [0.1, 0.15) is 0 Å². The van der Waals surface area contributed by atoms with Crippen molar-refractivity contribution in [3.8, 4) is 11.5 Å². The van der Waals surface area contributed by atoms with E-state index in [0.29, 0.717) is 30.2 Å². The number of nitrogens with zero attached hydrogens (tertiary/aromatic N) is 4. The van der Waals surface area contributed by atoms with Crippen molar-refractivity contribution in [3.63, 3.8) is 0 Å². The van der Waals surface area contributed by atoms with Gasteiger partial charge in [-0.3, -0.25) is 9.69 Å². The van der Waals surface area contributed by atoms with E-state index in [4.69, 9.17) is 14.5 Å². The normalized spacial score (nSPS) is 19.6. The molecule has 2 aromatic rings. The second-order valence-electron chi connectivity index (χ2n) is 7.81. The van der Waals surface area contributed by atoms with E-state index >= 15 is 0 Å². The summed E-state index contributed by atoms with van der Waals surface area (Å²) in [6.45, 7) is 6.59. The van der Waals surface area contributed by atoms with Gasteiger partial charge in [-0.05, 0) is 44.1 Å². The number of hydrogen-bond acceptors (Lipinski definition) is 7. The lowest BCUT2D eigenvalue weighted by Gasteiger charge is -2.34. The third-order valence-electron chi connectivity index (χ3n) is 5.83. The minimum absolute atomic E-state index is 0.0490. The van der Waals surface area contributed by atoms with E-state index in [9.17, 15) is 4.79 Å². The molecule has 3 aliphatic rings. The molecule has 154 valence electrons. The highest BCUT2D eigenvalue weighted by molar-refractivity contribution is 7.13. The second kappa shape index (κ2) is 8.20. The van der Waals surface area contributed by atoms with Crippen LogP contribution in [0.25, 0.3) is 0 Å². The van der Waals surface area contributed by atoms with Crippen LogP contribution in [0, 0.1) is 0 Å². The van der Waals surface area contributed by atoms with E-state index in [2.05, 4.69) is 15.2 Å². The van der Waals surface area contributed by atoms with Crippen LogP contribution >= 0.6 is 11.3 Å². The average molecular weight is 415 g/mol. The van der Waals surface area contributed by atoms with Crippen LogP contribution in [0.1, 0.15) is 35.3 Å². The SMILES string of the molecule is O=C(c1ccc2c(c1)OCO2)N1CCN(c2nc(CN3CCCCC3)cs2)CC1. The molecule has 1 aromatic heterocycles. The van der Waals surface area contributed by atoms with Crippen molar-refractivity contribution >= 4 is 22.4 Å². The molecule has 0 atom stereocenters. The zero-order valence-corrected chi connectivity index (χ0v) is 17.3. The minimum atomic E-state index is 0.0490. The third-order valence-corrected chi connectivity index (χ3v) is 6.78. The van der Waals surface area contributed by atoms with Crippen LogP contribution in [-0.2, 0) is 6.54 Å². The topological polar surface area (TPSA) is 58.1 Å². The number of amides is 1. The number of piperidine rings is 1. The summed E-state index contributed by atoms with van der Waals surface area (Å²) in [5.74, 6) is 1.40. The molecule has 0 radical (unpaired) electrons. The van der Waals surface area contributed by atoms with Gasteiger partial charge in [-0.25, -0.2) is 4.98 Å². The van der Waals surface area contributed by atoms with Gasteiger partial charge in [0.2, 0.25) is 6.79 Å². The molecule has 0 N–H and O–H groups in total. The number of fused-ring (bicyclic) bond motifs is 1. The number of piperazine rings is 1. The van der Waals surface area contributed by atoms with Crippen LogP contribution < -0.4 is 14.4 Å². The minimum Gasteiger partial charge on any atom is -0.454 e. The molecule has 1 aromatic carbocycles. The van der Waals surface area contributed by atoms with Crippen LogP contribution in [0.4, 0.5) is 5.13 Å². The van der Waals surface area contributed by atoms with Crippen LogP contribution in [0.5, 0.6) is 11.5 Å². The van der Waals surface area contributed by atoms with Gasteiger partial charge < -0.3 is 19.3 Å². The quantitative estimate of drug-likeness (QED) is 0.767. The summed E-state index contributed by atoms with van der Waals surface area (Å²) >= 11 is 1.72. The molecule has 0 aliphatic carbocycles. The molecule has 0 unspecified atom stereocenters. The number of benzene rings is 1. The molecule has 8 heteroatoms. The Balaban J connectivity index is 1.17. The fraction of sp³-hybridized carbons (Fsp3) is 0.524. The average Bonchev–Trinajstić information content (AvgIpc) is 3.43. The lowest BCUT2D eigenvalue weighted by Crippen LogP contribution is -2.48. The lowest BCUT2D eigenvalue weighted by molar-refractivity contribution is 0.0746. The van der Waals surface area contributed by atoms with Crippen LogP contribution in [0.3, 0.4) is 0 Å². The van der Waals surface area contributed by atoms with Crippen LogP contribution in [0.2, 0.25) is 0 Å². The van der Waals surface area contributed by atoms with Crippen molar-refractivity contribution < 1.29 is 14.3 Å². The fourth-order valence-electron chi connectivity index (χ4n) is 4.17. The summed E-state index contributed by atoms with van der Waals surface area (Å²) in [4.78, 5) is 24.4. The number of rotatable bonds is 4. The largest absolute Gasteiger partial charge is 0.454 e. The van der Waals surface area contributed by atoms with Crippen molar-refractivity contribution in [2.45, 2.75) is 25.8 Å². The number of anilines is 1. The summed E-state index contributed by atoms with van der Waals surface area (Å²) < 4.78 is 10.7. The maximum Gasteiger partial charge on any atom is 0.254 e. The molecule has 3 aliphatic heterocycles. The van der Waals surface area contributed by atoms with Crippen molar-refractivity contribution in [2.75, 3.05) is 51.0 Å². The molecule has 0 spiro atoms. The molecule has 29 heavy (non-hydrogen) atoms. The first kappa shape index (κ1) is 18.7. The van der Waals surface area contributed by atoms with Gasteiger partial charge in [-0.15, -0.1) is 11.3 Å². The molecule has 2 fully saturated rings. The molecule has 1 amide bonds. The number of hydrogen-bond donors (Lipinski definition) is 0. The van der Waals surface area contributed by atoms with Crippen molar-refractivity contribution in [1.82, 2.24) is 14.8 Å². The number of thiazole rings is 1. The Morgan fingerprint density at radius 3 is 2.62 bits per heavy atom. The van der Waals surface area contributed by atoms with Crippen LogP contribution in [0.15, 0.2) is 23.6 Å². The Morgan fingerprint density at radius 2 is 1.79 bits per heavy atom. The number of carbonyl (C=O) groups is 1. The van der Waals surface area contributed by atoms with E-state index in [-0.39, 0.29) is 12.7 Å². The van der Waals surface area contributed by atoms with Gasteiger partial charge in [0.25, 0.3) is 5.91 Å². The van der Waals surface area contributed by atoms with Crippen molar-refractivity contribution in [2.24, 2.45) is 0 Å². The molecular weight excluding hydrogens is 388 g/mol. The summed E-state index contributed by atoms with van der Waals surface area (Å²) in [5, 5.41) is 3.26. The third kappa shape index (κ3) is 4.04. The molecular formula is C21H26N4O3S. The van der Waals surface area contributed by atoms with Gasteiger partial charge in [0, 0.05) is 43.7 Å². The first-order chi connectivity index (χ1) is 14.3. The standard InChI is InChI=1S/C21H26N4O3S/c26-20(16-4-5-18-19(12-16)28-15-27-18)24-8-10-25(11-9-24)21-22-17(14-29-21)13-23-6-2-1-3-7-23/h4-5,12,14H,1-3,6-11,13,15H2. The Morgan fingerprint density at radius 1 is 1.00 bits per heavy atom. The molecule has 0 saturated carbocycles. The van der Waals surface area contributed by atoms with Crippen molar-refractivity contribution in [1.29, 1.82) is 0 Å². The number of likely N-dealkylation sites (tertiary alicyclic amines) is 1. The Hall–Kier alpha value is -2.32. The molecule has 0 bridgehead atoms. The van der Waals surface area contributed by atoms with E-state index in [1.807, 2.05) is 17.0 Å². The monoisotopic (exact) mass is 414 g/mol. The zero-order chi connectivity index (χ0) is 19.6. The van der Waals surface area contributed by atoms with Gasteiger partial charge >= 0.3 is 0 Å². The van der Waals surface area contributed by atoms with Crippen molar-refractivity contribution in [3.05, 3.63) is 34.8 Å². The van der Waals surface area contributed by atoms with Gasteiger partial charge in [0.05, 0.1) is 5.69 Å². The van der Waals surface area contributed by atoms with E-state index < -0.39 is 0 Å². The molecule has 4 heterocycles. The second-order valence-corrected chi connectivity index (χ2v) is 8.64. The predicted molar refractivity (Wildman–Crippen MR) is 112 cm³/mol. The van der Waals surface area contributed by atoms with Gasteiger partial charge in [0.15, 0.2) is 16.6 Å². The highest BCUT2D eigenvalue weighted by Gasteiger charge is 2.25. The molecule has 5 rings (SSSR count). The molecule has 2 saturated heterocycles. The summed E-state index contributed by atoms with van der Waals surface area (Å²) in [7, 11) is 0. The molecule has 7 nitrogen and oxygen atoms in total. The Bertz CT molecular complexity index is 873. The number of aromatic nitrogens is 1. The highest BCUT2D eigenvalue weighted by atomic mass is 32.1. The van der Waals surface area contributed by atoms with E-state index in [1.54, 1.807) is 17.4 Å². The van der Waals surface area contributed by atoms with E-state index in [1.165, 1.54) is 38.0 Å². The van der Waals surface area contributed by atoms with Gasteiger partial charge in [-0.1, -0.05) is 6.42 Å². The summed E-state index contributed by atoms with van der Waals surface area (Å²) in [5.41, 5.74) is 1.83. The Kier molecular flexibility index (Phi) is 5.28. The highest BCUT2D eigenvalue weighted by Crippen LogP contribution is 2.33. The van der Waals surface area contributed by atoms with Crippen LogP contribution in [-0.4, -0.2) is 66.8 Å². The lowest BCUT2D eigenvalue weighted by atomic mass is 10.1. The maximum atomic E-state index is 12.9.